The number of carbonyl (C=O) groups is 2. The molecule has 0 radical (unpaired) electrons. The maximum absolute atomic E-state index is 12.7. The van der Waals surface area contributed by atoms with Crippen molar-refractivity contribution in [2.24, 2.45) is 0 Å². The molecule has 186 valence electrons. The maximum atomic E-state index is 12.7. The lowest BCUT2D eigenvalue weighted by atomic mass is 10.0. The van der Waals surface area contributed by atoms with Crippen LogP contribution in [0.5, 0.6) is 5.75 Å². The highest BCUT2D eigenvalue weighted by Crippen LogP contribution is 2.30. The first-order valence-electron chi connectivity index (χ1n) is 11.6. The topological polar surface area (TPSA) is 80.3 Å². The van der Waals surface area contributed by atoms with E-state index >= 15 is 0 Å². The Hall–Kier alpha value is -2.35. The van der Waals surface area contributed by atoms with Crippen LogP contribution in [0.1, 0.15) is 51.5 Å². The van der Waals surface area contributed by atoms with Crippen molar-refractivity contribution in [3.63, 3.8) is 0 Å². The highest BCUT2D eigenvalue weighted by atomic mass is 35.5. The van der Waals surface area contributed by atoms with Crippen molar-refractivity contribution in [2.45, 2.75) is 77.0 Å². The Kier molecular flexibility index (Phi) is 9.99. The summed E-state index contributed by atoms with van der Waals surface area (Å²) >= 11 is 6.40. The average Bonchev–Trinajstić information content (AvgIpc) is 3.18. The number of methoxy groups -OCH3 is 1. The molecule has 0 aromatic heterocycles. The van der Waals surface area contributed by atoms with Crippen molar-refractivity contribution >= 4 is 23.5 Å². The lowest BCUT2D eigenvalue weighted by molar-refractivity contribution is -0.158. The molecular formula is C26H33ClO7. The number of fused-ring (bicyclic) bond motifs is 2. The monoisotopic (exact) mass is 492 g/mol. The second-order valence-electron chi connectivity index (χ2n) is 8.60. The third kappa shape index (κ3) is 8.15. The maximum Gasteiger partial charge on any atom is 0.310 e. The van der Waals surface area contributed by atoms with Crippen molar-refractivity contribution < 1.29 is 33.3 Å². The first-order chi connectivity index (χ1) is 16.3. The van der Waals surface area contributed by atoms with Gasteiger partial charge in [-0.2, -0.15) is 0 Å². The molecule has 2 heterocycles. The molecular weight excluding hydrogens is 460 g/mol. The molecule has 0 N–H and O–H groups in total. The normalized spacial score (nSPS) is 29.1. The fraction of sp³-hybridized carbons (Fsp3) is 0.538. The van der Waals surface area contributed by atoms with Gasteiger partial charge in [-0.3, -0.25) is 9.59 Å². The van der Waals surface area contributed by atoms with Gasteiger partial charge in [0.1, 0.15) is 24.1 Å². The molecule has 2 aliphatic heterocycles. The van der Waals surface area contributed by atoms with Gasteiger partial charge < -0.3 is 23.7 Å². The predicted molar refractivity (Wildman–Crippen MR) is 128 cm³/mol. The number of carbonyl (C=O) groups excluding carboxylic acids is 2. The minimum absolute atomic E-state index is 0.0556. The molecule has 1 aromatic rings. The molecule has 4 atom stereocenters. The summed E-state index contributed by atoms with van der Waals surface area (Å²) in [6.07, 6.45) is 4.77. The molecule has 1 fully saturated rings. The number of halogens is 1. The quantitative estimate of drug-likeness (QED) is 0.414. The molecule has 2 aliphatic rings. The van der Waals surface area contributed by atoms with Gasteiger partial charge >= 0.3 is 11.9 Å². The molecule has 3 rings (SSSR count). The number of allylic oxidation sites excluding steroid dienone is 3. The van der Waals surface area contributed by atoms with Crippen LogP contribution in [-0.2, 0) is 35.1 Å². The SMILES string of the molecule is COc1ccc(COC[C@@H]2O[C@H]3CC/C(Cl)=C/C/C=C(/C)[C@@H](OC(C)=O)CC(=O)O[C@H]2C3)cc1. The molecule has 7 nitrogen and oxygen atoms in total. The molecule has 0 saturated carbocycles. The van der Waals surface area contributed by atoms with Crippen LogP contribution in [-0.4, -0.2) is 50.1 Å². The van der Waals surface area contributed by atoms with E-state index in [9.17, 15) is 9.59 Å². The first kappa shape index (κ1) is 26.3. The average molecular weight is 493 g/mol. The van der Waals surface area contributed by atoms with Gasteiger partial charge in [0.2, 0.25) is 0 Å². The molecule has 0 unspecified atom stereocenters. The molecule has 0 aliphatic carbocycles. The zero-order valence-corrected chi connectivity index (χ0v) is 20.7. The molecule has 2 bridgehead atoms. The number of ether oxygens (including phenoxy) is 5. The van der Waals surface area contributed by atoms with Crippen LogP contribution in [0, 0.1) is 0 Å². The fourth-order valence-corrected chi connectivity index (χ4v) is 4.24. The predicted octanol–water partition coefficient (Wildman–Crippen LogP) is 4.86. The number of hydrogen-bond donors (Lipinski definition) is 0. The summed E-state index contributed by atoms with van der Waals surface area (Å²) in [6.45, 7) is 3.85. The smallest absolute Gasteiger partial charge is 0.310 e. The van der Waals surface area contributed by atoms with E-state index in [1.54, 1.807) is 7.11 Å². The lowest BCUT2D eigenvalue weighted by Crippen LogP contribution is -2.33. The third-order valence-corrected chi connectivity index (χ3v) is 6.27. The second-order valence-corrected chi connectivity index (χ2v) is 9.08. The Morgan fingerprint density at radius 2 is 1.97 bits per heavy atom. The minimum atomic E-state index is -0.678. The minimum Gasteiger partial charge on any atom is -0.497 e. The summed E-state index contributed by atoms with van der Waals surface area (Å²) in [7, 11) is 1.63. The standard InChI is InChI=1S/C26H33ClO7/c1-17-5-4-6-20(27)9-12-22-13-24(34-26(29)14-23(17)32-18(2)28)25(33-22)16-31-15-19-7-10-21(30-3)11-8-19/h5-8,10-11,22-25H,4,9,12-16H2,1-3H3/b17-5-,20-6-/t22-,23-,24-,25-/m0/s1. The summed E-state index contributed by atoms with van der Waals surface area (Å²) < 4.78 is 28.4. The summed E-state index contributed by atoms with van der Waals surface area (Å²) in [5.41, 5.74) is 1.79. The summed E-state index contributed by atoms with van der Waals surface area (Å²) in [5, 5.41) is 0.751. The number of hydrogen-bond acceptors (Lipinski definition) is 7. The van der Waals surface area contributed by atoms with E-state index in [1.807, 2.05) is 43.3 Å². The van der Waals surface area contributed by atoms with Crippen molar-refractivity contribution in [1.82, 2.24) is 0 Å². The summed E-state index contributed by atoms with van der Waals surface area (Å²) in [5.74, 6) is -0.0974. The first-order valence-corrected chi connectivity index (χ1v) is 12.0. The Bertz CT molecular complexity index is 893. The summed E-state index contributed by atoms with van der Waals surface area (Å²) in [6, 6.07) is 7.64. The van der Waals surface area contributed by atoms with Gasteiger partial charge in [0.05, 0.1) is 32.8 Å². The molecule has 0 spiro atoms. The van der Waals surface area contributed by atoms with Gasteiger partial charge in [0.15, 0.2) is 0 Å². The number of rotatable bonds is 6. The zero-order chi connectivity index (χ0) is 24.5. The highest BCUT2D eigenvalue weighted by molar-refractivity contribution is 6.29. The summed E-state index contributed by atoms with van der Waals surface area (Å²) in [4.78, 5) is 24.3. The van der Waals surface area contributed by atoms with Crippen molar-refractivity contribution in [3.05, 3.63) is 52.6 Å². The van der Waals surface area contributed by atoms with Gasteiger partial charge in [-0.25, -0.2) is 0 Å². The lowest BCUT2D eigenvalue weighted by Gasteiger charge is -2.21. The zero-order valence-electron chi connectivity index (χ0n) is 20.0. The Labute approximate surface area is 206 Å². The van der Waals surface area contributed by atoms with E-state index in [2.05, 4.69) is 0 Å². The van der Waals surface area contributed by atoms with Crippen LogP contribution >= 0.6 is 11.6 Å². The van der Waals surface area contributed by atoms with Gasteiger partial charge in [0.25, 0.3) is 0 Å². The van der Waals surface area contributed by atoms with Crippen LogP contribution in [0.4, 0.5) is 0 Å². The van der Waals surface area contributed by atoms with Crippen LogP contribution in [0.3, 0.4) is 0 Å². The molecule has 1 aromatic carbocycles. The molecule has 0 amide bonds. The van der Waals surface area contributed by atoms with E-state index in [0.29, 0.717) is 25.9 Å². The van der Waals surface area contributed by atoms with Gasteiger partial charge in [0, 0.05) is 18.4 Å². The van der Waals surface area contributed by atoms with Crippen molar-refractivity contribution in [3.8, 4) is 5.75 Å². The largest absolute Gasteiger partial charge is 0.497 e. The molecule has 1 saturated heterocycles. The van der Waals surface area contributed by atoms with Crippen molar-refractivity contribution in [1.29, 1.82) is 0 Å². The van der Waals surface area contributed by atoms with Gasteiger partial charge in [-0.05, 0) is 49.5 Å². The van der Waals surface area contributed by atoms with Crippen LogP contribution in [0.2, 0.25) is 0 Å². The fourth-order valence-electron chi connectivity index (χ4n) is 4.04. The van der Waals surface area contributed by atoms with E-state index in [-0.39, 0.29) is 25.2 Å². The number of esters is 2. The van der Waals surface area contributed by atoms with E-state index < -0.39 is 24.1 Å². The Morgan fingerprint density at radius 3 is 2.68 bits per heavy atom. The molecule has 34 heavy (non-hydrogen) atoms. The van der Waals surface area contributed by atoms with Crippen LogP contribution in [0.15, 0.2) is 47.0 Å². The van der Waals surface area contributed by atoms with Gasteiger partial charge in [-0.15, -0.1) is 0 Å². The Morgan fingerprint density at radius 1 is 1.21 bits per heavy atom. The van der Waals surface area contributed by atoms with Crippen molar-refractivity contribution in [2.75, 3.05) is 13.7 Å². The van der Waals surface area contributed by atoms with E-state index in [4.69, 9.17) is 35.3 Å². The third-order valence-electron chi connectivity index (χ3n) is 5.92. The van der Waals surface area contributed by atoms with Crippen LogP contribution < -0.4 is 4.74 Å². The van der Waals surface area contributed by atoms with E-state index in [0.717, 1.165) is 28.3 Å². The second kappa shape index (κ2) is 12.9. The van der Waals surface area contributed by atoms with E-state index in [1.165, 1.54) is 6.92 Å². The number of benzene rings is 1. The molecule has 8 heteroatoms. The highest BCUT2D eigenvalue weighted by Gasteiger charge is 2.38. The Balaban J connectivity index is 1.66. The van der Waals surface area contributed by atoms with Crippen LogP contribution in [0.25, 0.3) is 0 Å². The van der Waals surface area contributed by atoms with Gasteiger partial charge in [-0.1, -0.05) is 35.9 Å².